The Balaban J connectivity index is 0.000000154. The van der Waals surface area contributed by atoms with Gasteiger partial charge in [-0.2, -0.15) is 0 Å². The molecule has 6 heterocycles. The van der Waals surface area contributed by atoms with Gasteiger partial charge in [0.1, 0.15) is 0 Å². The maximum atomic E-state index is 6.12. The fourth-order valence-corrected chi connectivity index (χ4v) is 20.9. The van der Waals surface area contributed by atoms with Crippen LogP contribution in [0.25, 0.3) is 0 Å². The van der Waals surface area contributed by atoms with Crippen molar-refractivity contribution in [1.82, 2.24) is 0 Å². The zero-order valence-electron chi connectivity index (χ0n) is 64.8. The van der Waals surface area contributed by atoms with Gasteiger partial charge in [0.2, 0.25) is 0 Å². The molecule has 0 aromatic heterocycles. The average molecular weight is 1260 g/mol. The van der Waals surface area contributed by atoms with Gasteiger partial charge in [-0.3, -0.25) is 0 Å². The minimum atomic E-state index is 0.273. The summed E-state index contributed by atoms with van der Waals surface area (Å²) in [7, 11) is 0. The van der Waals surface area contributed by atoms with Gasteiger partial charge < -0.3 is 28.4 Å². The third kappa shape index (κ3) is 21.9. The summed E-state index contributed by atoms with van der Waals surface area (Å²) in [6, 6.07) is 0. The van der Waals surface area contributed by atoms with E-state index in [2.05, 4.69) is 166 Å². The van der Waals surface area contributed by atoms with Gasteiger partial charge >= 0.3 is 0 Å². The molecule has 0 unspecified atom stereocenters. The first-order valence-electron chi connectivity index (χ1n) is 39.4. The summed E-state index contributed by atoms with van der Waals surface area (Å²) in [6.45, 7) is 62.3. The van der Waals surface area contributed by atoms with Crippen LogP contribution in [0.15, 0.2) is 0 Å². The highest BCUT2D eigenvalue weighted by Crippen LogP contribution is 2.55. The van der Waals surface area contributed by atoms with Crippen LogP contribution in [0.5, 0.6) is 0 Å². The van der Waals surface area contributed by atoms with Crippen molar-refractivity contribution in [3.63, 3.8) is 0 Å². The molecule has 528 valence electrons. The summed E-state index contributed by atoms with van der Waals surface area (Å²) in [5, 5.41) is 0. The predicted molar refractivity (Wildman–Crippen MR) is 383 cm³/mol. The molecule has 6 aliphatic carbocycles. The van der Waals surface area contributed by atoms with E-state index in [0.717, 1.165) is 111 Å². The molecule has 12 fully saturated rings. The molecule has 6 nitrogen and oxygen atoms in total. The first-order valence-corrected chi connectivity index (χ1v) is 39.4. The third-order valence-electron chi connectivity index (χ3n) is 26.7. The fraction of sp³-hybridized carbons (Fsp3) is 1.00. The van der Waals surface area contributed by atoms with E-state index in [-0.39, 0.29) is 33.6 Å². The summed E-state index contributed by atoms with van der Waals surface area (Å²) in [5.74, 6) is 10.8. The lowest BCUT2D eigenvalue weighted by Crippen LogP contribution is -2.35. The van der Waals surface area contributed by atoms with E-state index in [1.54, 1.807) is 0 Å². The Bertz CT molecular complexity index is 1720. The van der Waals surface area contributed by atoms with Crippen LogP contribution in [0.4, 0.5) is 0 Å². The van der Waals surface area contributed by atoms with Crippen molar-refractivity contribution in [2.45, 2.75) is 392 Å². The summed E-state index contributed by atoms with van der Waals surface area (Å²) < 4.78 is 36.7. The SMILES string of the molecule is CC(C)C1CCC2(CC1)CC(C)(C)CO2.CC(C)C1CCC2(CC1)CC(C)(C)CO2.CC(C)C1CCC2(CC1)CC(C)(C)CO2.CC(C)C1CCC2(CC1)CC(C)(C)CO2.CC(C)C1CCC2(CC1)CC(C)(C)CO2.CC(C)C1CCC2(CC1)CC(C)(C)CO2. The van der Waals surface area contributed by atoms with Crippen LogP contribution in [0, 0.1) is 104 Å². The molecule has 6 heteroatoms. The van der Waals surface area contributed by atoms with Crippen LogP contribution in [0.1, 0.15) is 359 Å². The standard InChI is InChI=1S/6C14H26O/c6*1-11(2)12-5-7-14(8-6-12)9-13(3,4)10-15-14/h6*11-12H,5-10H2,1-4H3. The molecule has 12 rings (SSSR count). The van der Waals surface area contributed by atoms with Gasteiger partial charge in [0.25, 0.3) is 0 Å². The van der Waals surface area contributed by atoms with Crippen molar-refractivity contribution >= 4 is 0 Å². The number of ether oxygens (including phenoxy) is 6. The zero-order valence-corrected chi connectivity index (χ0v) is 64.8. The molecule has 0 aromatic carbocycles. The summed E-state index contributed by atoms with van der Waals surface area (Å²) in [4.78, 5) is 0. The van der Waals surface area contributed by atoms with Gasteiger partial charge in [0.05, 0.1) is 73.2 Å². The number of hydrogen-bond acceptors (Lipinski definition) is 6. The Labute approximate surface area is 561 Å². The largest absolute Gasteiger partial charge is 0.374 e. The second kappa shape index (κ2) is 30.5. The number of hydrogen-bond donors (Lipinski definition) is 0. The molecule has 0 atom stereocenters. The van der Waals surface area contributed by atoms with Gasteiger partial charge in [-0.15, -0.1) is 0 Å². The maximum absolute atomic E-state index is 6.12. The quantitative estimate of drug-likeness (QED) is 0.264. The van der Waals surface area contributed by atoms with Crippen molar-refractivity contribution < 1.29 is 28.4 Å². The Kier molecular flexibility index (Phi) is 26.1. The Morgan fingerprint density at radius 1 is 0.189 bits per heavy atom. The van der Waals surface area contributed by atoms with E-state index in [4.69, 9.17) is 28.4 Å². The van der Waals surface area contributed by atoms with E-state index >= 15 is 0 Å². The first-order chi connectivity index (χ1) is 41.6. The van der Waals surface area contributed by atoms with E-state index in [1.165, 1.54) is 193 Å². The molecule has 6 saturated carbocycles. The highest BCUT2D eigenvalue weighted by Gasteiger charge is 2.52. The summed E-state index contributed by atoms with van der Waals surface area (Å²) >= 11 is 0. The molecule has 6 spiro atoms. The Morgan fingerprint density at radius 3 is 0.356 bits per heavy atom. The van der Waals surface area contributed by atoms with E-state index in [1.807, 2.05) is 0 Å². The normalized spacial score (nSPS) is 40.2. The molecule has 0 bridgehead atoms. The average Bonchev–Trinajstić information content (AvgIpc) is 1.81. The third-order valence-corrected chi connectivity index (χ3v) is 26.7. The highest BCUT2D eigenvalue weighted by atomic mass is 16.5. The highest BCUT2D eigenvalue weighted by molar-refractivity contribution is 5.02. The Hall–Kier alpha value is -0.240. The maximum Gasteiger partial charge on any atom is 0.0689 e. The lowest BCUT2D eigenvalue weighted by molar-refractivity contribution is -0.0400. The van der Waals surface area contributed by atoms with Crippen LogP contribution >= 0.6 is 0 Å². The van der Waals surface area contributed by atoms with Crippen molar-refractivity contribution in [2.24, 2.45) is 104 Å². The van der Waals surface area contributed by atoms with E-state index in [0.29, 0.717) is 32.5 Å². The predicted octanol–water partition coefficient (Wildman–Crippen LogP) is 24.1. The second-order valence-electron chi connectivity index (χ2n) is 41.4. The van der Waals surface area contributed by atoms with Gasteiger partial charge in [-0.1, -0.05) is 166 Å². The smallest absolute Gasteiger partial charge is 0.0689 e. The Morgan fingerprint density at radius 2 is 0.289 bits per heavy atom. The molecular weight excluding hydrogens is 1100 g/mol. The van der Waals surface area contributed by atoms with E-state index in [9.17, 15) is 0 Å². The van der Waals surface area contributed by atoms with Crippen LogP contribution < -0.4 is 0 Å². The van der Waals surface area contributed by atoms with Crippen LogP contribution in [0.2, 0.25) is 0 Å². The molecule has 0 radical (unpaired) electrons. The first kappa shape index (κ1) is 77.1. The van der Waals surface area contributed by atoms with Crippen LogP contribution in [-0.4, -0.2) is 73.2 Å². The lowest BCUT2D eigenvalue weighted by atomic mass is 9.71. The molecule has 0 aromatic rings. The van der Waals surface area contributed by atoms with Gasteiger partial charge in [-0.05, 0) is 296 Å². The fourth-order valence-electron chi connectivity index (χ4n) is 20.9. The van der Waals surface area contributed by atoms with Crippen molar-refractivity contribution in [1.29, 1.82) is 0 Å². The number of rotatable bonds is 6. The molecular formula is C84H156O6. The molecule has 12 aliphatic rings. The molecule has 90 heavy (non-hydrogen) atoms. The van der Waals surface area contributed by atoms with E-state index < -0.39 is 0 Å². The molecule has 6 aliphatic heterocycles. The molecule has 6 saturated heterocycles. The van der Waals surface area contributed by atoms with Crippen molar-refractivity contribution in [2.75, 3.05) is 39.6 Å². The second-order valence-corrected chi connectivity index (χ2v) is 41.4. The van der Waals surface area contributed by atoms with Gasteiger partial charge in [-0.25, -0.2) is 0 Å². The monoisotopic (exact) mass is 1260 g/mol. The van der Waals surface area contributed by atoms with Crippen molar-refractivity contribution in [3.8, 4) is 0 Å². The summed E-state index contributed by atoms with van der Waals surface area (Å²) in [5.41, 5.74) is 4.16. The molecule has 0 N–H and O–H groups in total. The van der Waals surface area contributed by atoms with Crippen LogP contribution in [-0.2, 0) is 28.4 Å². The zero-order chi connectivity index (χ0) is 66.6. The lowest BCUT2D eigenvalue weighted by Gasteiger charge is -2.38. The van der Waals surface area contributed by atoms with Crippen molar-refractivity contribution in [3.05, 3.63) is 0 Å². The van der Waals surface area contributed by atoms with Gasteiger partial charge in [0.15, 0.2) is 0 Å². The summed E-state index contributed by atoms with van der Waals surface area (Å²) in [6.07, 6.45) is 39.9. The van der Waals surface area contributed by atoms with Gasteiger partial charge in [0, 0.05) is 0 Å². The minimum absolute atomic E-state index is 0.273. The molecule has 0 amide bonds. The van der Waals surface area contributed by atoms with Crippen LogP contribution in [0.3, 0.4) is 0 Å². The minimum Gasteiger partial charge on any atom is -0.374 e. The topological polar surface area (TPSA) is 55.4 Å².